The van der Waals surface area contributed by atoms with Crippen molar-refractivity contribution < 1.29 is 23.7 Å². The third kappa shape index (κ3) is 9.46. The first-order chi connectivity index (χ1) is 16.5. The Balaban J connectivity index is 2.34. The van der Waals surface area contributed by atoms with Gasteiger partial charge in [-0.1, -0.05) is 47.6 Å². The van der Waals surface area contributed by atoms with Crippen LogP contribution >= 0.6 is 0 Å². The summed E-state index contributed by atoms with van der Waals surface area (Å²) in [6, 6.07) is 11.9. The molecule has 0 saturated heterocycles. The molecule has 2 aromatic carbocycles. The van der Waals surface area contributed by atoms with Crippen molar-refractivity contribution in [2.24, 2.45) is 0 Å². The summed E-state index contributed by atoms with van der Waals surface area (Å²) < 4.78 is 27.5. The molecular weight excluding hydrogens is 428 g/mol. The molecule has 0 unspecified atom stereocenters. The van der Waals surface area contributed by atoms with E-state index in [0.717, 1.165) is 46.8 Å². The van der Waals surface area contributed by atoms with Gasteiger partial charge >= 0.3 is 0 Å². The Morgan fingerprint density at radius 3 is 1.88 bits per heavy atom. The lowest BCUT2D eigenvalue weighted by atomic mass is 10.0. The predicted molar refractivity (Wildman–Crippen MR) is 139 cm³/mol. The van der Waals surface area contributed by atoms with Crippen LogP contribution in [0, 0.1) is 0 Å². The van der Waals surface area contributed by atoms with Crippen molar-refractivity contribution in [3.05, 3.63) is 76.4 Å². The highest BCUT2D eigenvalue weighted by atomic mass is 16.7. The Kier molecular flexibility index (Phi) is 12.0. The third-order valence-electron chi connectivity index (χ3n) is 5.18. The number of methoxy groups -OCH3 is 3. The molecule has 5 nitrogen and oxygen atoms in total. The van der Waals surface area contributed by atoms with E-state index >= 15 is 0 Å². The Bertz CT molecular complexity index is 938. The fraction of sp³-hybridized carbons (Fsp3) is 0.379. The Labute approximate surface area is 204 Å². The lowest BCUT2D eigenvalue weighted by molar-refractivity contribution is 0.0448. The molecule has 184 valence electrons. The van der Waals surface area contributed by atoms with Crippen molar-refractivity contribution in [1.82, 2.24) is 0 Å². The number of rotatable bonds is 14. The summed E-state index contributed by atoms with van der Waals surface area (Å²) in [4.78, 5) is 0. The van der Waals surface area contributed by atoms with E-state index in [2.05, 4.69) is 32.9 Å². The first-order valence-corrected chi connectivity index (χ1v) is 11.5. The van der Waals surface area contributed by atoms with Gasteiger partial charge in [0.1, 0.15) is 17.2 Å². The second kappa shape index (κ2) is 15.0. The highest BCUT2D eigenvalue weighted by Crippen LogP contribution is 2.33. The SMILES string of the molecule is COCOc1cc(/C=C/c2ccc(OC)cc2)cc(OCOC)c1C/C=C(\C)CCC=C(C)C. The van der Waals surface area contributed by atoms with E-state index in [4.69, 9.17) is 23.7 Å². The minimum atomic E-state index is 0.158. The Morgan fingerprint density at radius 2 is 1.35 bits per heavy atom. The van der Waals surface area contributed by atoms with Crippen LogP contribution in [0.4, 0.5) is 0 Å². The molecule has 0 N–H and O–H groups in total. The van der Waals surface area contributed by atoms with Crippen molar-refractivity contribution in [2.75, 3.05) is 34.9 Å². The molecule has 0 radical (unpaired) electrons. The summed E-state index contributed by atoms with van der Waals surface area (Å²) in [5.74, 6) is 2.30. The molecule has 2 rings (SSSR count). The van der Waals surface area contributed by atoms with Gasteiger partial charge in [-0.3, -0.25) is 0 Å². The van der Waals surface area contributed by atoms with Crippen LogP contribution < -0.4 is 14.2 Å². The third-order valence-corrected chi connectivity index (χ3v) is 5.18. The average molecular weight is 467 g/mol. The molecule has 2 aromatic rings. The van der Waals surface area contributed by atoms with Gasteiger partial charge in [-0.2, -0.15) is 0 Å². The van der Waals surface area contributed by atoms with Crippen LogP contribution in [0.3, 0.4) is 0 Å². The van der Waals surface area contributed by atoms with Crippen LogP contribution in [-0.2, 0) is 15.9 Å². The van der Waals surface area contributed by atoms with Crippen LogP contribution in [0.5, 0.6) is 17.2 Å². The zero-order valence-corrected chi connectivity index (χ0v) is 21.4. The fourth-order valence-corrected chi connectivity index (χ4v) is 3.31. The zero-order chi connectivity index (χ0) is 24.8. The molecule has 0 heterocycles. The molecule has 0 amide bonds. The lowest BCUT2D eigenvalue weighted by Gasteiger charge is -2.16. The normalized spacial score (nSPS) is 11.5. The van der Waals surface area contributed by atoms with Crippen LogP contribution in [0.2, 0.25) is 0 Å². The van der Waals surface area contributed by atoms with Gasteiger partial charge in [0, 0.05) is 19.8 Å². The molecule has 0 aliphatic carbocycles. The maximum atomic E-state index is 5.94. The number of hydrogen-bond acceptors (Lipinski definition) is 5. The van der Waals surface area contributed by atoms with Crippen molar-refractivity contribution in [2.45, 2.75) is 40.0 Å². The predicted octanol–water partition coefficient (Wildman–Crippen LogP) is 7.07. The van der Waals surface area contributed by atoms with Crippen molar-refractivity contribution in [3.8, 4) is 17.2 Å². The second-order valence-electron chi connectivity index (χ2n) is 8.28. The minimum Gasteiger partial charge on any atom is -0.497 e. The monoisotopic (exact) mass is 466 g/mol. The van der Waals surface area contributed by atoms with E-state index in [9.17, 15) is 0 Å². The molecule has 5 heteroatoms. The Hall–Kier alpha value is -3.02. The quantitative estimate of drug-likeness (QED) is 0.169. The van der Waals surface area contributed by atoms with Gasteiger partial charge in [0.15, 0.2) is 13.6 Å². The van der Waals surface area contributed by atoms with E-state index < -0.39 is 0 Å². The van der Waals surface area contributed by atoms with Gasteiger partial charge in [-0.25, -0.2) is 0 Å². The van der Waals surface area contributed by atoms with Crippen molar-refractivity contribution in [3.63, 3.8) is 0 Å². The van der Waals surface area contributed by atoms with Crippen LogP contribution in [0.1, 0.15) is 50.3 Å². The van der Waals surface area contributed by atoms with Crippen LogP contribution in [0.25, 0.3) is 12.2 Å². The van der Waals surface area contributed by atoms with Gasteiger partial charge in [-0.15, -0.1) is 0 Å². The van der Waals surface area contributed by atoms with Crippen molar-refractivity contribution >= 4 is 12.2 Å². The first kappa shape index (κ1) is 27.2. The van der Waals surface area contributed by atoms with Gasteiger partial charge in [-0.05, 0) is 75.4 Å². The maximum absolute atomic E-state index is 5.94. The summed E-state index contributed by atoms with van der Waals surface area (Å²) >= 11 is 0. The molecule has 0 saturated carbocycles. The topological polar surface area (TPSA) is 46.2 Å². The molecule has 0 bridgehead atoms. The Morgan fingerprint density at radius 1 is 0.765 bits per heavy atom. The molecule has 0 aromatic heterocycles. The maximum Gasteiger partial charge on any atom is 0.188 e. The number of benzene rings is 2. The highest BCUT2D eigenvalue weighted by Gasteiger charge is 2.13. The standard InChI is InChI=1S/C29H38O5/c1-22(2)8-7-9-23(3)10-17-27-28(33-20-30-4)18-25(19-29(27)34-21-31-5)12-11-24-13-15-26(32-6)16-14-24/h8,10-16,18-19H,7,9,17,20-21H2,1-6H3/b12-11+,23-10+. The zero-order valence-electron chi connectivity index (χ0n) is 21.4. The smallest absolute Gasteiger partial charge is 0.188 e. The van der Waals surface area contributed by atoms with E-state index in [1.165, 1.54) is 11.1 Å². The average Bonchev–Trinajstić information content (AvgIpc) is 2.84. The van der Waals surface area contributed by atoms with Gasteiger partial charge in [0.05, 0.1) is 7.11 Å². The minimum absolute atomic E-state index is 0.158. The summed E-state index contributed by atoms with van der Waals surface area (Å²) in [6.07, 6.45) is 11.3. The highest BCUT2D eigenvalue weighted by molar-refractivity contribution is 5.72. The molecule has 0 aliphatic rings. The van der Waals surface area contributed by atoms with Crippen LogP contribution in [-0.4, -0.2) is 34.9 Å². The number of ether oxygens (including phenoxy) is 5. The molecule has 0 aliphatic heterocycles. The number of allylic oxidation sites excluding steroid dienone is 4. The van der Waals surface area contributed by atoms with E-state index in [0.29, 0.717) is 6.42 Å². The summed E-state index contributed by atoms with van der Waals surface area (Å²) in [6.45, 7) is 6.73. The summed E-state index contributed by atoms with van der Waals surface area (Å²) in [5, 5.41) is 0. The van der Waals surface area contributed by atoms with Gasteiger partial charge < -0.3 is 23.7 Å². The van der Waals surface area contributed by atoms with E-state index in [-0.39, 0.29) is 13.6 Å². The largest absolute Gasteiger partial charge is 0.497 e. The molecule has 0 atom stereocenters. The van der Waals surface area contributed by atoms with E-state index in [1.54, 1.807) is 21.3 Å². The molecule has 0 spiro atoms. The molecule has 34 heavy (non-hydrogen) atoms. The van der Waals surface area contributed by atoms with Crippen LogP contribution in [0.15, 0.2) is 59.7 Å². The molecular formula is C29H38O5. The van der Waals surface area contributed by atoms with Crippen molar-refractivity contribution in [1.29, 1.82) is 0 Å². The first-order valence-electron chi connectivity index (χ1n) is 11.5. The summed E-state index contributed by atoms with van der Waals surface area (Å²) in [7, 11) is 4.89. The molecule has 0 fully saturated rings. The second-order valence-corrected chi connectivity index (χ2v) is 8.28. The lowest BCUT2D eigenvalue weighted by Crippen LogP contribution is -2.06. The summed E-state index contributed by atoms with van der Waals surface area (Å²) in [5.41, 5.74) is 5.67. The van der Waals surface area contributed by atoms with Gasteiger partial charge in [0.25, 0.3) is 0 Å². The fourth-order valence-electron chi connectivity index (χ4n) is 3.31. The van der Waals surface area contributed by atoms with Gasteiger partial charge in [0.2, 0.25) is 0 Å². The number of hydrogen-bond donors (Lipinski definition) is 0. The van der Waals surface area contributed by atoms with E-state index in [1.807, 2.05) is 48.6 Å².